The average molecular weight is 328 g/mol. The number of sulfonamides is 1. The first-order valence-electron chi connectivity index (χ1n) is 6.14. The van der Waals surface area contributed by atoms with Crippen molar-refractivity contribution in [3.8, 4) is 0 Å². The van der Waals surface area contributed by atoms with E-state index in [9.17, 15) is 8.42 Å². The van der Waals surface area contributed by atoms with Gasteiger partial charge in [0.1, 0.15) is 0 Å². The van der Waals surface area contributed by atoms with E-state index in [1.54, 1.807) is 0 Å². The minimum Gasteiger partial charge on any atom is -0.212 e. The SMILES string of the molecule is CC(C)CCS(=O)(=O)NC(CCBr)C(C)(C)C. The molecule has 3 nitrogen and oxygen atoms in total. The van der Waals surface area contributed by atoms with Gasteiger partial charge in [0.15, 0.2) is 0 Å². The summed E-state index contributed by atoms with van der Waals surface area (Å²) in [5.74, 6) is 0.635. The van der Waals surface area contributed by atoms with E-state index in [1.165, 1.54) is 0 Å². The van der Waals surface area contributed by atoms with Gasteiger partial charge in [-0.2, -0.15) is 0 Å². The van der Waals surface area contributed by atoms with Gasteiger partial charge in [-0.05, 0) is 24.2 Å². The van der Waals surface area contributed by atoms with Gasteiger partial charge in [-0.1, -0.05) is 50.5 Å². The van der Waals surface area contributed by atoms with Gasteiger partial charge >= 0.3 is 0 Å². The molecule has 0 saturated heterocycles. The molecule has 0 bridgehead atoms. The van der Waals surface area contributed by atoms with Crippen LogP contribution >= 0.6 is 15.9 Å². The maximum atomic E-state index is 11.9. The Morgan fingerprint density at radius 1 is 1.18 bits per heavy atom. The molecule has 0 amide bonds. The smallest absolute Gasteiger partial charge is 0.211 e. The molecule has 0 aliphatic rings. The molecule has 5 heteroatoms. The van der Waals surface area contributed by atoms with Crippen LogP contribution in [0.2, 0.25) is 0 Å². The van der Waals surface area contributed by atoms with E-state index in [1.807, 2.05) is 13.8 Å². The molecule has 0 saturated carbocycles. The molecule has 0 radical (unpaired) electrons. The molecule has 1 N–H and O–H groups in total. The molecule has 1 atom stereocenters. The van der Waals surface area contributed by atoms with Gasteiger partial charge < -0.3 is 0 Å². The molecular formula is C12H26BrNO2S. The topological polar surface area (TPSA) is 46.2 Å². The van der Waals surface area contributed by atoms with Gasteiger partial charge in [0, 0.05) is 11.4 Å². The maximum Gasteiger partial charge on any atom is 0.211 e. The molecule has 0 aromatic carbocycles. The van der Waals surface area contributed by atoms with E-state index in [-0.39, 0.29) is 17.2 Å². The van der Waals surface area contributed by atoms with Gasteiger partial charge in [-0.25, -0.2) is 13.1 Å². The Labute approximate surface area is 115 Å². The number of alkyl halides is 1. The Morgan fingerprint density at radius 2 is 1.71 bits per heavy atom. The zero-order valence-electron chi connectivity index (χ0n) is 11.6. The summed E-state index contributed by atoms with van der Waals surface area (Å²) in [7, 11) is -3.15. The maximum absolute atomic E-state index is 11.9. The standard InChI is InChI=1S/C12H26BrNO2S/c1-10(2)7-9-17(15,16)14-11(6-8-13)12(3,4)5/h10-11,14H,6-9H2,1-5H3. The van der Waals surface area contributed by atoms with Crippen LogP contribution < -0.4 is 4.72 Å². The highest BCUT2D eigenvalue weighted by Crippen LogP contribution is 2.23. The summed E-state index contributed by atoms with van der Waals surface area (Å²) in [4.78, 5) is 0. The lowest BCUT2D eigenvalue weighted by molar-refractivity contribution is 0.293. The van der Waals surface area contributed by atoms with Crippen LogP contribution in [0.1, 0.15) is 47.5 Å². The molecule has 0 aliphatic heterocycles. The highest BCUT2D eigenvalue weighted by molar-refractivity contribution is 9.09. The molecule has 0 fully saturated rings. The molecule has 104 valence electrons. The van der Waals surface area contributed by atoms with Crippen molar-refractivity contribution in [3.63, 3.8) is 0 Å². The largest absolute Gasteiger partial charge is 0.212 e. The van der Waals surface area contributed by atoms with Crippen molar-refractivity contribution >= 4 is 26.0 Å². The third kappa shape index (κ3) is 8.16. The lowest BCUT2D eigenvalue weighted by Gasteiger charge is -2.31. The molecule has 0 aromatic heterocycles. The number of rotatable bonds is 7. The van der Waals surface area contributed by atoms with Gasteiger partial charge in [0.25, 0.3) is 0 Å². The third-order valence-electron chi connectivity index (χ3n) is 2.73. The summed E-state index contributed by atoms with van der Waals surface area (Å²) >= 11 is 3.38. The van der Waals surface area contributed by atoms with Crippen LogP contribution in [0.4, 0.5) is 0 Å². The first-order valence-corrected chi connectivity index (χ1v) is 8.92. The second kappa shape index (κ2) is 7.10. The van der Waals surface area contributed by atoms with Crippen molar-refractivity contribution in [1.82, 2.24) is 4.72 Å². The molecule has 1 unspecified atom stereocenters. The Hall–Kier alpha value is 0.390. The van der Waals surface area contributed by atoms with Gasteiger partial charge in [-0.3, -0.25) is 0 Å². The Kier molecular flexibility index (Phi) is 7.26. The highest BCUT2D eigenvalue weighted by Gasteiger charge is 2.28. The first kappa shape index (κ1) is 17.4. The summed E-state index contributed by atoms with van der Waals surface area (Å²) < 4.78 is 26.7. The van der Waals surface area contributed by atoms with Gasteiger partial charge in [-0.15, -0.1) is 0 Å². The Morgan fingerprint density at radius 3 is 2.06 bits per heavy atom. The number of halogens is 1. The van der Waals surface area contributed by atoms with Crippen LogP contribution in [0.3, 0.4) is 0 Å². The Balaban J connectivity index is 4.54. The quantitative estimate of drug-likeness (QED) is 0.730. The lowest BCUT2D eigenvalue weighted by atomic mass is 9.86. The van der Waals surface area contributed by atoms with Gasteiger partial charge in [0.2, 0.25) is 10.0 Å². The normalized spacial score (nSPS) is 15.2. The van der Waals surface area contributed by atoms with E-state index >= 15 is 0 Å². The fraction of sp³-hybridized carbons (Fsp3) is 1.00. The van der Waals surface area contributed by atoms with Crippen molar-refractivity contribution in [2.75, 3.05) is 11.1 Å². The van der Waals surface area contributed by atoms with Crippen LogP contribution in [0.5, 0.6) is 0 Å². The lowest BCUT2D eigenvalue weighted by Crippen LogP contribution is -2.44. The van der Waals surface area contributed by atoms with Crippen LogP contribution in [0.25, 0.3) is 0 Å². The van der Waals surface area contributed by atoms with E-state index in [0.29, 0.717) is 12.3 Å². The number of nitrogens with one attached hydrogen (secondary N) is 1. The fourth-order valence-electron chi connectivity index (χ4n) is 1.44. The summed E-state index contributed by atoms with van der Waals surface area (Å²) in [6.07, 6.45) is 1.52. The molecule has 0 rings (SSSR count). The monoisotopic (exact) mass is 327 g/mol. The molecular weight excluding hydrogens is 302 g/mol. The fourth-order valence-corrected chi connectivity index (χ4v) is 3.71. The van der Waals surface area contributed by atoms with Crippen LogP contribution in [-0.2, 0) is 10.0 Å². The summed E-state index contributed by atoms with van der Waals surface area (Å²) in [5, 5.41) is 0.807. The van der Waals surface area contributed by atoms with E-state index in [0.717, 1.165) is 11.8 Å². The van der Waals surface area contributed by atoms with Crippen LogP contribution in [-0.4, -0.2) is 25.5 Å². The minimum atomic E-state index is -3.15. The van der Waals surface area contributed by atoms with E-state index in [2.05, 4.69) is 41.4 Å². The van der Waals surface area contributed by atoms with Crippen molar-refractivity contribution in [2.24, 2.45) is 11.3 Å². The Bertz CT molecular complexity index is 307. The zero-order valence-corrected chi connectivity index (χ0v) is 14.0. The summed E-state index contributed by atoms with van der Waals surface area (Å²) in [5.41, 5.74) is -0.0569. The van der Waals surface area contributed by atoms with Crippen molar-refractivity contribution in [3.05, 3.63) is 0 Å². The first-order chi connectivity index (χ1) is 7.58. The molecule has 17 heavy (non-hydrogen) atoms. The zero-order chi connectivity index (χ0) is 13.7. The van der Waals surface area contributed by atoms with Crippen LogP contribution in [0.15, 0.2) is 0 Å². The van der Waals surface area contributed by atoms with E-state index in [4.69, 9.17) is 0 Å². The van der Waals surface area contributed by atoms with Crippen molar-refractivity contribution in [1.29, 1.82) is 0 Å². The van der Waals surface area contributed by atoms with Gasteiger partial charge in [0.05, 0.1) is 5.75 Å². The third-order valence-corrected chi connectivity index (χ3v) is 4.60. The average Bonchev–Trinajstić information content (AvgIpc) is 2.13. The highest BCUT2D eigenvalue weighted by atomic mass is 79.9. The molecule has 0 spiro atoms. The predicted octanol–water partition coefficient (Wildman–Crippen LogP) is 3.15. The molecule has 0 aliphatic carbocycles. The predicted molar refractivity (Wildman–Crippen MR) is 78.0 cm³/mol. The second-order valence-corrected chi connectivity index (χ2v) is 8.68. The van der Waals surface area contributed by atoms with Crippen molar-refractivity contribution in [2.45, 2.75) is 53.5 Å². The van der Waals surface area contributed by atoms with Crippen LogP contribution in [0, 0.1) is 11.3 Å². The molecule has 0 heterocycles. The van der Waals surface area contributed by atoms with Crippen molar-refractivity contribution < 1.29 is 8.42 Å². The summed E-state index contributed by atoms with van der Waals surface area (Å²) in [6, 6.07) is -0.0148. The van der Waals surface area contributed by atoms with E-state index < -0.39 is 10.0 Å². The summed E-state index contributed by atoms with van der Waals surface area (Å²) in [6.45, 7) is 10.3. The number of hydrogen-bond donors (Lipinski definition) is 1. The minimum absolute atomic E-state index is 0.0148. The second-order valence-electron chi connectivity index (χ2n) is 6.02. The number of hydrogen-bond acceptors (Lipinski definition) is 2. The molecule has 0 aromatic rings.